The molecule has 3 aromatic carbocycles. The van der Waals surface area contributed by atoms with Crippen molar-refractivity contribution in [3.63, 3.8) is 0 Å². The number of benzene rings is 3. The molecule has 246 valence electrons. The number of para-hydroxylation sites is 1. The molecule has 1 saturated heterocycles. The maximum Gasteiger partial charge on any atom is 0.250 e. The van der Waals surface area contributed by atoms with Gasteiger partial charge in [0, 0.05) is 59.6 Å². The summed E-state index contributed by atoms with van der Waals surface area (Å²) in [6.07, 6.45) is 3.05. The molecule has 2 heterocycles. The number of hydrogen-bond donors (Lipinski definition) is 2. The van der Waals surface area contributed by atoms with Crippen LogP contribution in [0.4, 0.5) is 15.8 Å². The van der Waals surface area contributed by atoms with Gasteiger partial charge in [-0.2, -0.15) is 0 Å². The van der Waals surface area contributed by atoms with E-state index in [1.54, 1.807) is 23.1 Å². The van der Waals surface area contributed by atoms with Crippen molar-refractivity contribution in [1.82, 2.24) is 9.88 Å². The molecule has 4 aromatic rings. The van der Waals surface area contributed by atoms with Crippen molar-refractivity contribution in [2.75, 3.05) is 36.5 Å². The SMILES string of the molecule is Cc1[nH]c2ccccc2c1[C@H]1[C@@H](CC(=O)N(Cc2ccccc2F)C2(C(=O)Nc3ccc(N4CCOCC4)cc3)CCCC2)C1(C)C. The molecule has 1 aromatic heterocycles. The van der Waals surface area contributed by atoms with Gasteiger partial charge in [0.25, 0.3) is 0 Å². The second-order valence-corrected chi connectivity index (χ2v) is 14.2. The Hall–Kier alpha value is -4.17. The number of ether oxygens (including phenoxy) is 1. The van der Waals surface area contributed by atoms with Gasteiger partial charge < -0.3 is 24.8 Å². The fourth-order valence-corrected chi connectivity index (χ4v) is 8.37. The van der Waals surface area contributed by atoms with Gasteiger partial charge >= 0.3 is 0 Å². The van der Waals surface area contributed by atoms with E-state index in [1.165, 1.54) is 17.0 Å². The number of amides is 2. The summed E-state index contributed by atoms with van der Waals surface area (Å²) in [5.41, 5.74) is 4.56. The molecule has 1 aliphatic heterocycles. The molecule has 0 radical (unpaired) electrons. The minimum atomic E-state index is -1.06. The predicted octanol–water partition coefficient (Wildman–Crippen LogP) is 7.56. The standard InChI is InChI=1S/C39H45FN4O3/c1-26-35(30-11-5-7-13-33(30)41-26)36-31(38(36,2)3)24-34(45)44(25-27-10-4-6-12-32(27)40)39(18-8-9-19-39)37(46)42-28-14-16-29(17-15-28)43-20-22-47-23-21-43/h4-7,10-17,31,36,41H,8-9,18-25H2,1-3H3,(H,42,46)/t31-,36-/m1/s1. The number of nitrogens with zero attached hydrogens (tertiary/aromatic N) is 2. The Morgan fingerprint density at radius 1 is 0.979 bits per heavy atom. The third kappa shape index (κ3) is 5.81. The Morgan fingerprint density at radius 2 is 1.66 bits per heavy atom. The number of nitrogens with one attached hydrogen (secondary N) is 2. The van der Waals surface area contributed by atoms with Crippen molar-refractivity contribution >= 4 is 34.1 Å². The van der Waals surface area contributed by atoms with Crippen molar-refractivity contribution in [1.29, 1.82) is 0 Å². The maximum absolute atomic E-state index is 15.1. The number of morpholine rings is 1. The van der Waals surface area contributed by atoms with E-state index < -0.39 is 5.54 Å². The molecule has 8 heteroatoms. The highest BCUT2D eigenvalue weighted by atomic mass is 19.1. The van der Waals surface area contributed by atoms with E-state index in [4.69, 9.17) is 4.74 Å². The lowest BCUT2D eigenvalue weighted by Gasteiger charge is -2.40. The van der Waals surface area contributed by atoms with Gasteiger partial charge in [0.05, 0.1) is 13.2 Å². The van der Waals surface area contributed by atoms with Crippen LogP contribution in [0.5, 0.6) is 0 Å². The zero-order chi connectivity index (χ0) is 32.8. The van der Waals surface area contributed by atoms with Crippen LogP contribution in [0.1, 0.15) is 68.7 Å². The lowest BCUT2D eigenvalue weighted by Crippen LogP contribution is -2.57. The number of H-pyrrole nitrogens is 1. The molecule has 0 bridgehead atoms. The first-order chi connectivity index (χ1) is 22.7. The normalized spacial score (nSPS) is 21.5. The number of carbonyl (C=O) groups excluding carboxylic acids is 2. The molecule has 2 atom stereocenters. The zero-order valence-corrected chi connectivity index (χ0v) is 27.7. The van der Waals surface area contributed by atoms with Crippen molar-refractivity contribution in [2.45, 2.75) is 70.9 Å². The highest BCUT2D eigenvalue weighted by molar-refractivity contribution is 6.01. The van der Waals surface area contributed by atoms with Crippen LogP contribution in [0.3, 0.4) is 0 Å². The number of hydrogen-bond acceptors (Lipinski definition) is 4. The van der Waals surface area contributed by atoms with Gasteiger partial charge in [-0.3, -0.25) is 9.59 Å². The van der Waals surface area contributed by atoms with Crippen LogP contribution in [0.25, 0.3) is 10.9 Å². The lowest BCUT2D eigenvalue weighted by molar-refractivity contribution is -0.146. The van der Waals surface area contributed by atoms with Crippen molar-refractivity contribution < 1.29 is 18.7 Å². The fraction of sp³-hybridized carbons (Fsp3) is 0.436. The highest BCUT2D eigenvalue weighted by Gasteiger charge is 2.61. The van der Waals surface area contributed by atoms with Gasteiger partial charge in [0.2, 0.25) is 11.8 Å². The van der Waals surface area contributed by atoms with Crippen LogP contribution >= 0.6 is 0 Å². The summed E-state index contributed by atoms with van der Waals surface area (Å²) in [6.45, 7) is 9.70. The molecule has 3 fully saturated rings. The number of fused-ring (bicyclic) bond motifs is 1. The minimum absolute atomic E-state index is 0.0544. The largest absolute Gasteiger partial charge is 0.378 e. The molecule has 7 rings (SSSR count). The van der Waals surface area contributed by atoms with Gasteiger partial charge in [-0.15, -0.1) is 0 Å². The molecule has 0 spiro atoms. The van der Waals surface area contributed by atoms with E-state index in [9.17, 15) is 9.59 Å². The average molecular weight is 637 g/mol. The first-order valence-electron chi connectivity index (χ1n) is 17.0. The summed E-state index contributed by atoms with van der Waals surface area (Å²) in [5.74, 6) is -0.345. The van der Waals surface area contributed by atoms with Crippen LogP contribution < -0.4 is 10.2 Å². The number of rotatable bonds is 9. The molecule has 2 amide bonds. The average Bonchev–Trinajstić information content (AvgIpc) is 3.42. The topological polar surface area (TPSA) is 77.7 Å². The lowest BCUT2D eigenvalue weighted by atomic mass is 9.91. The zero-order valence-electron chi connectivity index (χ0n) is 27.7. The molecule has 2 saturated carbocycles. The Bertz CT molecular complexity index is 1770. The summed E-state index contributed by atoms with van der Waals surface area (Å²) in [4.78, 5) is 36.5. The molecule has 7 nitrogen and oxygen atoms in total. The number of carbonyl (C=O) groups is 2. The van der Waals surface area contributed by atoms with Gasteiger partial charge in [0.1, 0.15) is 11.4 Å². The van der Waals surface area contributed by atoms with E-state index in [0.29, 0.717) is 43.7 Å². The second kappa shape index (κ2) is 12.5. The second-order valence-electron chi connectivity index (χ2n) is 14.2. The molecule has 47 heavy (non-hydrogen) atoms. The van der Waals surface area contributed by atoms with Crippen LogP contribution in [0.15, 0.2) is 72.8 Å². The van der Waals surface area contributed by atoms with Gasteiger partial charge in [-0.05, 0) is 79.0 Å². The summed E-state index contributed by atoms with van der Waals surface area (Å²) in [7, 11) is 0. The van der Waals surface area contributed by atoms with Crippen LogP contribution in [0.2, 0.25) is 0 Å². The summed E-state index contributed by atoms with van der Waals surface area (Å²) in [5, 5.41) is 4.36. The molecular weight excluding hydrogens is 591 g/mol. The molecular formula is C39H45FN4O3. The summed E-state index contributed by atoms with van der Waals surface area (Å²) < 4.78 is 20.6. The van der Waals surface area contributed by atoms with E-state index >= 15 is 4.39 Å². The Labute approximate surface area is 276 Å². The first-order valence-corrected chi connectivity index (χ1v) is 17.0. The first kappa shape index (κ1) is 31.4. The fourth-order valence-electron chi connectivity index (χ4n) is 8.37. The molecule has 2 aliphatic carbocycles. The summed E-state index contributed by atoms with van der Waals surface area (Å²) in [6, 6.07) is 22.8. The van der Waals surface area contributed by atoms with Crippen molar-refractivity contribution in [3.8, 4) is 0 Å². The van der Waals surface area contributed by atoms with E-state index in [2.05, 4.69) is 54.2 Å². The van der Waals surface area contributed by atoms with Gasteiger partial charge in [-0.1, -0.05) is 63.1 Å². The number of halogens is 1. The minimum Gasteiger partial charge on any atom is -0.378 e. The monoisotopic (exact) mass is 636 g/mol. The molecule has 2 N–H and O–H groups in total. The highest BCUT2D eigenvalue weighted by Crippen LogP contribution is 2.67. The van der Waals surface area contributed by atoms with Gasteiger partial charge in [-0.25, -0.2) is 4.39 Å². The predicted molar refractivity (Wildman–Crippen MR) is 184 cm³/mol. The van der Waals surface area contributed by atoms with Crippen LogP contribution in [-0.4, -0.2) is 53.5 Å². The third-order valence-electron chi connectivity index (χ3n) is 11.2. The Balaban J connectivity index is 1.17. The van der Waals surface area contributed by atoms with E-state index in [-0.39, 0.29) is 41.4 Å². The van der Waals surface area contributed by atoms with E-state index in [1.807, 2.05) is 30.3 Å². The smallest absolute Gasteiger partial charge is 0.250 e. The van der Waals surface area contributed by atoms with Crippen LogP contribution in [-0.2, 0) is 20.9 Å². The van der Waals surface area contributed by atoms with E-state index in [0.717, 1.165) is 42.8 Å². The summed E-state index contributed by atoms with van der Waals surface area (Å²) >= 11 is 0. The quantitative estimate of drug-likeness (QED) is 0.199. The molecule has 3 aliphatic rings. The third-order valence-corrected chi connectivity index (χ3v) is 11.2. The van der Waals surface area contributed by atoms with Crippen molar-refractivity contribution in [2.24, 2.45) is 11.3 Å². The Kier molecular flexibility index (Phi) is 8.33. The Morgan fingerprint density at radius 3 is 2.38 bits per heavy atom. The number of aryl methyl sites for hydroxylation is 1. The number of aromatic nitrogens is 1. The maximum atomic E-state index is 15.1. The van der Waals surface area contributed by atoms with Crippen molar-refractivity contribution in [3.05, 3.63) is 95.4 Å². The van der Waals surface area contributed by atoms with Gasteiger partial charge in [0.15, 0.2) is 0 Å². The molecule has 0 unspecified atom stereocenters. The van der Waals surface area contributed by atoms with Crippen LogP contribution in [0, 0.1) is 24.1 Å². The number of aromatic amines is 1. The number of anilines is 2.